The van der Waals surface area contributed by atoms with Gasteiger partial charge in [-0.05, 0) is 36.8 Å². The Hall–Kier alpha value is -2.43. The van der Waals surface area contributed by atoms with E-state index in [0.29, 0.717) is 5.69 Å². The Labute approximate surface area is 117 Å². The summed E-state index contributed by atoms with van der Waals surface area (Å²) in [4.78, 5) is 17.9. The monoisotopic (exact) mass is 273 g/mol. The zero-order valence-corrected chi connectivity index (χ0v) is 11.4. The van der Waals surface area contributed by atoms with Gasteiger partial charge in [-0.15, -0.1) is 0 Å². The van der Waals surface area contributed by atoms with Crippen molar-refractivity contribution in [1.82, 2.24) is 9.88 Å². The van der Waals surface area contributed by atoms with Crippen molar-refractivity contribution in [3.8, 4) is 0 Å². The summed E-state index contributed by atoms with van der Waals surface area (Å²) in [6.45, 7) is 1.87. The highest BCUT2D eigenvalue weighted by atomic mass is 19.1. The second-order valence-electron chi connectivity index (χ2n) is 4.58. The number of rotatable bonds is 3. The lowest BCUT2D eigenvalue weighted by atomic mass is 10.1. The number of carbonyl (C=O) groups excluding carboxylic acids is 1. The van der Waals surface area contributed by atoms with Crippen LogP contribution in [-0.4, -0.2) is 22.8 Å². The van der Waals surface area contributed by atoms with Crippen LogP contribution in [0.15, 0.2) is 42.6 Å². The van der Waals surface area contributed by atoms with Gasteiger partial charge in [-0.1, -0.05) is 12.1 Å². The number of pyridine rings is 1. The average molecular weight is 273 g/mol. The fraction of sp³-hybridized carbons (Fsp3) is 0.200. The standard InChI is InChI=1S/C15H16FN3O/c1-10(11-5-7-12(16)8-6-11)19(2)15(20)14-13(17)4-3-9-18-14/h3-10H,17H2,1-2H3. The SMILES string of the molecule is CC(c1ccc(F)cc1)N(C)C(=O)c1ncccc1N. The highest BCUT2D eigenvalue weighted by molar-refractivity contribution is 5.97. The van der Waals surface area contributed by atoms with Gasteiger partial charge in [0.2, 0.25) is 0 Å². The maximum Gasteiger partial charge on any atom is 0.274 e. The van der Waals surface area contributed by atoms with Crippen molar-refractivity contribution in [3.63, 3.8) is 0 Å². The Balaban J connectivity index is 2.22. The van der Waals surface area contributed by atoms with Crippen LogP contribution < -0.4 is 5.73 Å². The van der Waals surface area contributed by atoms with Gasteiger partial charge in [0.15, 0.2) is 5.69 Å². The van der Waals surface area contributed by atoms with E-state index < -0.39 is 0 Å². The molecule has 1 aromatic carbocycles. The van der Waals surface area contributed by atoms with Gasteiger partial charge in [0, 0.05) is 13.2 Å². The fourth-order valence-corrected chi connectivity index (χ4v) is 1.90. The van der Waals surface area contributed by atoms with Crippen LogP contribution >= 0.6 is 0 Å². The average Bonchev–Trinajstić information content (AvgIpc) is 2.46. The molecule has 0 spiro atoms. The summed E-state index contributed by atoms with van der Waals surface area (Å²) in [5, 5.41) is 0. The molecule has 0 fully saturated rings. The van der Waals surface area contributed by atoms with Crippen LogP contribution in [0.5, 0.6) is 0 Å². The van der Waals surface area contributed by atoms with Crippen LogP contribution in [0, 0.1) is 5.82 Å². The van der Waals surface area contributed by atoms with E-state index in [-0.39, 0.29) is 23.5 Å². The number of nitrogens with zero attached hydrogens (tertiary/aromatic N) is 2. The van der Waals surface area contributed by atoms with Crippen molar-refractivity contribution in [2.75, 3.05) is 12.8 Å². The maximum atomic E-state index is 12.9. The minimum atomic E-state index is -0.302. The minimum Gasteiger partial charge on any atom is -0.397 e. The van der Waals surface area contributed by atoms with Crippen LogP contribution in [0.25, 0.3) is 0 Å². The molecular formula is C15H16FN3O. The number of halogens is 1. The molecule has 1 atom stereocenters. The van der Waals surface area contributed by atoms with Gasteiger partial charge in [0.1, 0.15) is 5.82 Å². The number of benzene rings is 1. The molecule has 104 valence electrons. The Morgan fingerprint density at radius 2 is 1.95 bits per heavy atom. The van der Waals surface area contributed by atoms with E-state index in [1.165, 1.54) is 23.2 Å². The Morgan fingerprint density at radius 3 is 2.55 bits per heavy atom. The quantitative estimate of drug-likeness (QED) is 0.935. The summed E-state index contributed by atoms with van der Waals surface area (Å²) < 4.78 is 12.9. The molecule has 1 amide bonds. The normalized spacial score (nSPS) is 11.9. The van der Waals surface area contributed by atoms with Crippen molar-refractivity contribution >= 4 is 11.6 Å². The third-order valence-electron chi connectivity index (χ3n) is 3.30. The smallest absolute Gasteiger partial charge is 0.274 e. The molecule has 0 aliphatic heterocycles. The van der Waals surface area contributed by atoms with E-state index >= 15 is 0 Å². The molecule has 5 heteroatoms. The van der Waals surface area contributed by atoms with E-state index in [1.54, 1.807) is 31.3 Å². The van der Waals surface area contributed by atoms with E-state index in [4.69, 9.17) is 5.73 Å². The number of anilines is 1. The molecule has 0 bridgehead atoms. The number of aromatic nitrogens is 1. The molecule has 0 aliphatic carbocycles. The van der Waals surface area contributed by atoms with E-state index in [1.807, 2.05) is 6.92 Å². The molecule has 2 rings (SSSR count). The first-order valence-corrected chi connectivity index (χ1v) is 6.24. The molecular weight excluding hydrogens is 257 g/mol. The van der Waals surface area contributed by atoms with Gasteiger partial charge in [0.05, 0.1) is 11.7 Å². The van der Waals surface area contributed by atoms with Crippen LogP contribution in [0.2, 0.25) is 0 Å². The van der Waals surface area contributed by atoms with Crippen molar-refractivity contribution in [2.24, 2.45) is 0 Å². The van der Waals surface area contributed by atoms with E-state index in [0.717, 1.165) is 5.56 Å². The number of hydrogen-bond acceptors (Lipinski definition) is 3. The second kappa shape index (κ2) is 5.69. The number of carbonyl (C=O) groups is 1. The van der Waals surface area contributed by atoms with Crippen LogP contribution in [0.1, 0.15) is 29.0 Å². The van der Waals surface area contributed by atoms with Crippen molar-refractivity contribution in [1.29, 1.82) is 0 Å². The van der Waals surface area contributed by atoms with Gasteiger partial charge in [-0.2, -0.15) is 0 Å². The largest absolute Gasteiger partial charge is 0.397 e. The summed E-state index contributed by atoms with van der Waals surface area (Å²) >= 11 is 0. The molecule has 20 heavy (non-hydrogen) atoms. The molecule has 0 aliphatic rings. The minimum absolute atomic E-state index is 0.204. The molecule has 0 radical (unpaired) electrons. The highest BCUT2D eigenvalue weighted by Gasteiger charge is 2.21. The number of amides is 1. The summed E-state index contributed by atoms with van der Waals surface area (Å²) in [5.74, 6) is -0.566. The maximum absolute atomic E-state index is 12.9. The summed E-state index contributed by atoms with van der Waals surface area (Å²) in [6, 6.07) is 9.17. The molecule has 2 N–H and O–H groups in total. The number of nitrogens with two attached hydrogens (primary N) is 1. The molecule has 4 nitrogen and oxygen atoms in total. The second-order valence-corrected chi connectivity index (χ2v) is 4.58. The lowest BCUT2D eigenvalue weighted by Crippen LogP contribution is -2.30. The van der Waals surface area contributed by atoms with Crippen molar-refractivity contribution in [2.45, 2.75) is 13.0 Å². The third-order valence-corrected chi connectivity index (χ3v) is 3.30. The fourth-order valence-electron chi connectivity index (χ4n) is 1.90. The van der Waals surface area contributed by atoms with Gasteiger partial charge in [-0.25, -0.2) is 9.37 Å². The summed E-state index contributed by atoms with van der Waals surface area (Å²) in [6.07, 6.45) is 1.53. The van der Waals surface area contributed by atoms with Crippen molar-refractivity contribution < 1.29 is 9.18 Å². The van der Waals surface area contributed by atoms with E-state index in [9.17, 15) is 9.18 Å². The third kappa shape index (κ3) is 2.77. The highest BCUT2D eigenvalue weighted by Crippen LogP contribution is 2.21. The topological polar surface area (TPSA) is 59.2 Å². The van der Waals surface area contributed by atoms with Gasteiger partial charge in [-0.3, -0.25) is 4.79 Å². The molecule has 1 unspecified atom stereocenters. The zero-order valence-electron chi connectivity index (χ0n) is 11.4. The van der Waals surface area contributed by atoms with Gasteiger partial charge >= 0.3 is 0 Å². The predicted octanol–water partition coefficient (Wildman–Crippen LogP) is 2.64. The Morgan fingerprint density at radius 1 is 1.30 bits per heavy atom. The Bertz CT molecular complexity index is 613. The van der Waals surface area contributed by atoms with Crippen LogP contribution in [0.3, 0.4) is 0 Å². The summed E-state index contributed by atoms with van der Waals surface area (Å²) in [5.41, 5.74) is 7.17. The first-order chi connectivity index (χ1) is 9.50. The molecule has 0 saturated heterocycles. The number of hydrogen-bond donors (Lipinski definition) is 1. The number of nitrogen functional groups attached to an aromatic ring is 1. The predicted molar refractivity (Wildman–Crippen MR) is 75.6 cm³/mol. The lowest BCUT2D eigenvalue weighted by Gasteiger charge is -2.25. The summed E-state index contributed by atoms with van der Waals surface area (Å²) in [7, 11) is 1.67. The molecule has 2 aromatic rings. The Kier molecular flexibility index (Phi) is 3.98. The first-order valence-electron chi connectivity index (χ1n) is 6.24. The van der Waals surface area contributed by atoms with Crippen molar-refractivity contribution in [3.05, 3.63) is 59.7 Å². The van der Waals surface area contributed by atoms with Crippen LogP contribution in [0.4, 0.5) is 10.1 Å². The first kappa shape index (κ1) is 14.0. The van der Waals surface area contributed by atoms with Gasteiger partial charge in [0.25, 0.3) is 5.91 Å². The molecule has 1 aromatic heterocycles. The lowest BCUT2D eigenvalue weighted by molar-refractivity contribution is 0.0738. The molecule has 1 heterocycles. The zero-order chi connectivity index (χ0) is 14.7. The van der Waals surface area contributed by atoms with Gasteiger partial charge < -0.3 is 10.6 Å². The van der Waals surface area contributed by atoms with E-state index in [2.05, 4.69) is 4.98 Å². The molecule has 0 saturated carbocycles. The van der Waals surface area contributed by atoms with Crippen LogP contribution in [-0.2, 0) is 0 Å².